The number of amides is 4. The van der Waals surface area contributed by atoms with Crippen LogP contribution in [0, 0.1) is 10.1 Å². The van der Waals surface area contributed by atoms with E-state index >= 15 is 0 Å². The predicted molar refractivity (Wildman–Crippen MR) is 110 cm³/mol. The molecule has 0 aromatic heterocycles. The zero-order chi connectivity index (χ0) is 21.9. The average molecular weight is 431 g/mol. The second-order valence-corrected chi connectivity index (χ2v) is 7.22. The normalized spacial score (nSPS) is 18.3. The van der Waals surface area contributed by atoms with E-state index in [0.717, 1.165) is 11.0 Å². The number of non-ortho nitro benzene ring substituents is 1. The van der Waals surface area contributed by atoms with E-state index in [9.17, 15) is 24.5 Å². The molecular formula is C20H19ClN4O5. The fourth-order valence-electron chi connectivity index (χ4n) is 3.43. The standard InChI is InChI=1S/C20H19ClN4O5/c1-2-10-20(13-6-4-3-5-7-13)18(27)24(19(28)23-20)12-17(26)22-16-11-14(25(29)30)8-9-15(16)21/h3-9,11H,2,10,12H2,1H3,(H,22,26)(H,23,28)/t20-/m0/s1. The van der Waals surface area contributed by atoms with Gasteiger partial charge in [0.05, 0.1) is 15.6 Å². The molecule has 0 aliphatic carbocycles. The number of rotatable bonds is 7. The minimum absolute atomic E-state index is 0.0193. The first-order valence-electron chi connectivity index (χ1n) is 9.22. The summed E-state index contributed by atoms with van der Waals surface area (Å²) < 4.78 is 0. The van der Waals surface area contributed by atoms with E-state index in [0.29, 0.717) is 18.4 Å². The molecule has 0 radical (unpaired) electrons. The summed E-state index contributed by atoms with van der Waals surface area (Å²) in [4.78, 5) is 49.3. The third-order valence-electron chi connectivity index (χ3n) is 4.80. The van der Waals surface area contributed by atoms with Crippen molar-refractivity contribution in [3.8, 4) is 0 Å². The van der Waals surface area contributed by atoms with Gasteiger partial charge in [-0.15, -0.1) is 0 Å². The number of imide groups is 1. The van der Waals surface area contributed by atoms with Crippen molar-refractivity contribution in [2.75, 3.05) is 11.9 Å². The molecule has 2 N–H and O–H groups in total. The fraction of sp³-hybridized carbons (Fsp3) is 0.250. The molecule has 2 aromatic rings. The smallest absolute Gasteiger partial charge is 0.323 e. The van der Waals surface area contributed by atoms with Crippen molar-refractivity contribution in [3.05, 3.63) is 69.2 Å². The number of urea groups is 1. The van der Waals surface area contributed by atoms with Crippen molar-refractivity contribution in [2.45, 2.75) is 25.3 Å². The van der Waals surface area contributed by atoms with E-state index in [1.165, 1.54) is 12.1 Å². The van der Waals surface area contributed by atoms with Gasteiger partial charge in [0.1, 0.15) is 12.1 Å². The van der Waals surface area contributed by atoms with Gasteiger partial charge in [-0.2, -0.15) is 0 Å². The number of carbonyl (C=O) groups is 3. The molecule has 1 aliphatic rings. The van der Waals surface area contributed by atoms with Gasteiger partial charge in [-0.05, 0) is 18.1 Å². The Balaban J connectivity index is 1.81. The molecular weight excluding hydrogens is 412 g/mol. The molecule has 1 heterocycles. The molecule has 0 spiro atoms. The van der Waals surface area contributed by atoms with Crippen LogP contribution in [0.4, 0.5) is 16.2 Å². The molecule has 10 heteroatoms. The third-order valence-corrected chi connectivity index (χ3v) is 5.13. The Morgan fingerprint density at radius 1 is 1.23 bits per heavy atom. The first-order chi connectivity index (χ1) is 14.3. The van der Waals surface area contributed by atoms with Crippen LogP contribution < -0.4 is 10.6 Å². The molecule has 3 rings (SSSR count). The molecule has 156 valence electrons. The van der Waals surface area contributed by atoms with Crippen molar-refractivity contribution in [3.63, 3.8) is 0 Å². The van der Waals surface area contributed by atoms with Crippen molar-refractivity contribution < 1.29 is 19.3 Å². The van der Waals surface area contributed by atoms with Crippen LogP contribution in [0.2, 0.25) is 5.02 Å². The Hall–Kier alpha value is -3.46. The number of hydrogen-bond acceptors (Lipinski definition) is 5. The zero-order valence-corrected chi connectivity index (χ0v) is 16.8. The van der Waals surface area contributed by atoms with Gasteiger partial charge >= 0.3 is 6.03 Å². The van der Waals surface area contributed by atoms with Crippen molar-refractivity contribution >= 4 is 40.8 Å². The number of halogens is 1. The molecule has 0 bridgehead atoms. The average Bonchev–Trinajstić information content (AvgIpc) is 2.95. The van der Waals surface area contributed by atoms with Crippen LogP contribution in [-0.2, 0) is 15.1 Å². The summed E-state index contributed by atoms with van der Waals surface area (Å²) in [5, 5.41) is 16.2. The quantitative estimate of drug-likeness (QED) is 0.396. The molecule has 0 unspecified atom stereocenters. The van der Waals surface area contributed by atoms with Crippen LogP contribution in [0.15, 0.2) is 48.5 Å². The van der Waals surface area contributed by atoms with Crippen LogP contribution in [0.5, 0.6) is 0 Å². The summed E-state index contributed by atoms with van der Waals surface area (Å²) in [6.45, 7) is 1.34. The largest absolute Gasteiger partial charge is 0.325 e. The monoisotopic (exact) mass is 430 g/mol. The molecule has 30 heavy (non-hydrogen) atoms. The molecule has 4 amide bonds. The Kier molecular flexibility index (Phi) is 6.02. The van der Waals surface area contributed by atoms with Crippen molar-refractivity contribution in [1.82, 2.24) is 10.2 Å². The lowest BCUT2D eigenvalue weighted by Gasteiger charge is -2.26. The minimum atomic E-state index is -1.24. The number of hydrogen-bond donors (Lipinski definition) is 2. The SMILES string of the molecule is CCC[C@@]1(c2ccccc2)NC(=O)N(CC(=O)Nc2cc([N+](=O)[O-])ccc2Cl)C1=O. The molecule has 1 aliphatic heterocycles. The van der Waals surface area contributed by atoms with Gasteiger partial charge in [0, 0.05) is 12.1 Å². The number of anilines is 1. The van der Waals surface area contributed by atoms with Gasteiger partial charge < -0.3 is 10.6 Å². The highest BCUT2D eigenvalue weighted by molar-refractivity contribution is 6.33. The number of nitro benzene ring substituents is 1. The second kappa shape index (κ2) is 8.50. The van der Waals surface area contributed by atoms with E-state index in [1.807, 2.05) is 6.92 Å². The van der Waals surface area contributed by atoms with Crippen LogP contribution in [0.3, 0.4) is 0 Å². The maximum absolute atomic E-state index is 13.2. The Labute approximate surface area is 177 Å². The lowest BCUT2D eigenvalue weighted by Crippen LogP contribution is -2.44. The van der Waals surface area contributed by atoms with E-state index in [4.69, 9.17) is 11.6 Å². The first kappa shape index (κ1) is 21.3. The minimum Gasteiger partial charge on any atom is -0.323 e. The van der Waals surface area contributed by atoms with E-state index in [-0.39, 0.29) is 16.4 Å². The topological polar surface area (TPSA) is 122 Å². The highest BCUT2D eigenvalue weighted by atomic mass is 35.5. The maximum Gasteiger partial charge on any atom is 0.325 e. The second-order valence-electron chi connectivity index (χ2n) is 6.81. The van der Waals surface area contributed by atoms with Gasteiger partial charge in [0.15, 0.2) is 0 Å². The van der Waals surface area contributed by atoms with Gasteiger partial charge in [-0.1, -0.05) is 55.3 Å². The highest BCUT2D eigenvalue weighted by Gasteiger charge is 2.52. The van der Waals surface area contributed by atoms with Gasteiger partial charge in [-0.3, -0.25) is 24.6 Å². The van der Waals surface area contributed by atoms with Crippen LogP contribution >= 0.6 is 11.6 Å². The van der Waals surface area contributed by atoms with Crippen LogP contribution in [0.25, 0.3) is 0 Å². The van der Waals surface area contributed by atoms with Gasteiger partial charge in [-0.25, -0.2) is 4.79 Å². The maximum atomic E-state index is 13.2. The zero-order valence-electron chi connectivity index (χ0n) is 16.1. The highest BCUT2D eigenvalue weighted by Crippen LogP contribution is 2.33. The van der Waals surface area contributed by atoms with E-state index in [1.54, 1.807) is 30.3 Å². The lowest BCUT2D eigenvalue weighted by atomic mass is 9.85. The summed E-state index contributed by atoms with van der Waals surface area (Å²) in [6.07, 6.45) is 1.00. The predicted octanol–water partition coefficient (Wildman–Crippen LogP) is 3.43. The Morgan fingerprint density at radius 2 is 1.93 bits per heavy atom. The number of nitrogens with zero attached hydrogens (tertiary/aromatic N) is 2. The summed E-state index contributed by atoms with van der Waals surface area (Å²) in [6, 6.07) is 11.8. The molecule has 1 fully saturated rings. The third kappa shape index (κ3) is 3.97. The number of nitro groups is 1. The summed E-state index contributed by atoms with van der Waals surface area (Å²) in [5.74, 6) is -1.23. The molecule has 1 saturated heterocycles. The van der Waals surface area contributed by atoms with Gasteiger partial charge in [0.25, 0.3) is 11.6 Å². The lowest BCUT2D eigenvalue weighted by molar-refractivity contribution is -0.384. The van der Waals surface area contributed by atoms with E-state index < -0.39 is 34.9 Å². The Morgan fingerprint density at radius 3 is 2.57 bits per heavy atom. The number of nitrogens with one attached hydrogen (secondary N) is 2. The Bertz CT molecular complexity index is 1010. The first-order valence-corrected chi connectivity index (χ1v) is 9.59. The van der Waals surface area contributed by atoms with Gasteiger partial charge in [0.2, 0.25) is 5.91 Å². The summed E-state index contributed by atoms with van der Waals surface area (Å²) in [5.41, 5.74) is -0.840. The molecule has 0 saturated carbocycles. The summed E-state index contributed by atoms with van der Waals surface area (Å²) >= 11 is 5.99. The number of carbonyl (C=O) groups excluding carboxylic acids is 3. The van der Waals surface area contributed by atoms with Crippen molar-refractivity contribution in [2.24, 2.45) is 0 Å². The molecule has 9 nitrogen and oxygen atoms in total. The van der Waals surface area contributed by atoms with E-state index in [2.05, 4.69) is 10.6 Å². The van der Waals surface area contributed by atoms with Crippen molar-refractivity contribution in [1.29, 1.82) is 0 Å². The molecule has 2 aromatic carbocycles. The summed E-state index contributed by atoms with van der Waals surface area (Å²) in [7, 11) is 0. The van der Waals surface area contributed by atoms with Crippen LogP contribution in [-0.4, -0.2) is 34.2 Å². The number of benzene rings is 2. The fourth-order valence-corrected chi connectivity index (χ4v) is 3.60. The molecule has 1 atom stereocenters. The van der Waals surface area contributed by atoms with Crippen LogP contribution in [0.1, 0.15) is 25.3 Å².